The predicted octanol–water partition coefficient (Wildman–Crippen LogP) is 1.21. The number of rotatable bonds is 3. The molecule has 0 fully saturated rings. The predicted molar refractivity (Wildman–Crippen MR) is 57.7 cm³/mol. The quantitative estimate of drug-likeness (QED) is 0.210. The lowest BCUT2D eigenvalue weighted by Crippen LogP contribution is -2.37. The fourth-order valence-corrected chi connectivity index (χ4v) is 1.54. The van der Waals surface area contributed by atoms with Gasteiger partial charge in [-0.15, -0.1) is 0 Å². The Hall–Kier alpha value is -2.78. The first-order valence-corrected chi connectivity index (χ1v) is 5.49. The number of halogens is 5. The molecule has 0 radical (unpaired) electrons. The molecule has 0 bridgehead atoms. The second-order valence-corrected chi connectivity index (χ2v) is 3.97. The Morgan fingerprint density at radius 3 is 1.73 bits per heavy atom. The van der Waals surface area contributed by atoms with Crippen LogP contribution < -0.4 is 4.74 Å². The molecule has 22 heavy (non-hydrogen) atoms. The molecule has 1 aromatic carbocycles. The first kappa shape index (κ1) is 15.6. The molecule has 0 unspecified atom stereocenters. The zero-order valence-electron chi connectivity index (χ0n) is 10.3. The summed E-state index contributed by atoms with van der Waals surface area (Å²) in [6, 6.07) is 0. The zero-order valence-corrected chi connectivity index (χ0v) is 10.3. The van der Waals surface area contributed by atoms with Gasteiger partial charge in [0.2, 0.25) is 34.8 Å². The maximum atomic E-state index is 13.3. The topological polar surface area (TPSA) is 63.7 Å². The van der Waals surface area contributed by atoms with Crippen molar-refractivity contribution >= 4 is 17.8 Å². The lowest BCUT2D eigenvalue weighted by molar-refractivity contribution is -0.146. The van der Waals surface area contributed by atoms with Crippen molar-refractivity contribution in [2.24, 2.45) is 0 Å². The molecule has 0 saturated heterocycles. The molecular weight excluding hydrogens is 317 g/mol. The lowest BCUT2D eigenvalue weighted by atomic mass is 10.2. The largest absolute Gasteiger partial charge is 0.419 e. The molecule has 2 rings (SSSR count). The fourth-order valence-electron chi connectivity index (χ4n) is 1.54. The fraction of sp³-hybridized carbons (Fsp3) is 0.0833. The maximum absolute atomic E-state index is 13.3. The molecule has 5 nitrogen and oxygen atoms in total. The highest BCUT2D eigenvalue weighted by Gasteiger charge is 2.31. The van der Waals surface area contributed by atoms with Gasteiger partial charge in [-0.05, 0) is 0 Å². The van der Waals surface area contributed by atoms with Crippen LogP contribution in [0, 0.1) is 29.1 Å². The van der Waals surface area contributed by atoms with Crippen LogP contribution >= 0.6 is 0 Å². The number of amides is 2. The van der Waals surface area contributed by atoms with Crippen LogP contribution in [0.25, 0.3) is 0 Å². The van der Waals surface area contributed by atoms with Crippen molar-refractivity contribution in [3.8, 4) is 5.75 Å². The van der Waals surface area contributed by atoms with E-state index in [0.717, 1.165) is 12.2 Å². The summed E-state index contributed by atoms with van der Waals surface area (Å²) in [5, 5.41) is 0. The van der Waals surface area contributed by atoms with E-state index < -0.39 is 59.2 Å². The second-order valence-electron chi connectivity index (χ2n) is 3.97. The second kappa shape index (κ2) is 5.54. The summed E-state index contributed by atoms with van der Waals surface area (Å²) in [4.78, 5) is 34.1. The summed E-state index contributed by atoms with van der Waals surface area (Å²) in [5.41, 5.74) is 0. The molecular formula is C12H4F5NO4. The number of ether oxygens (including phenoxy) is 1. The SMILES string of the molecule is O=C(CN1C(=O)C=CC1=O)Oc1c(F)c(F)c(F)c(F)c1F. The van der Waals surface area contributed by atoms with Crippen LogP contribution in [0.3, 0.4) is 0 Å². The van der Waals surface area contributed by atoms with Gasteiger partial charge >= 0.3 is 5.97 Å². The van der Waals surface area contributed by atoms with Gasteiger partial charge in [-0.1, -0.05) is 0 Å². The molecule has 0 spiro atoms. The monoisotopic (exact) mass is 321 g/mol. The Bertz CT molecular complexity index is 684. The molecule has 0 saturated carbocycles. The molecule has 2 amide bonds. The number of hydrogen-bond donors (Lipinski definition) is 0. The van der Waals surface area contributed by atoms with E-state index in [1.807, 2.05) is 0 Å². The number of imide groups is 1. The molecule has 1 aliphatic heterocycles. The van der Waals surface area contributed by atoms with Crippen LogP contribution in [0.4, 0.5) is 22.0 Å². The Morgan fingerprint density at radius 1 is 0.864 bits per heavy atom. The summed E-state index contributed by atoms with van der Waals surface area (Å²) in [6.45, 7) is -1.05. The first-order valence-electron chi connectivity index (χ1n) is 5.49. The third kappa shape index (κ3) is 2.54. The molecule has 0 atom stereocenters. The van der Waals surface area contributed by atoms with Crippen molar-refractivity contribution in [2.45, 2.75) is 0 Å². The Labute approximate surface area is 118 Å². The number of carbonyl (C=O) groups excluding carboxylic acids is 3. The number of nitrogens with zero attached hydrogens (tertiary/aromatic N) is 1. The Morgan fingerprint density at radius 2 is 1.27 bits per heavy atom. The van der Waals surface area contributed by atoms with Crippen LogP contribution in [0.2, 0.25) is 0 Å². The van der Waals surface area contributed by atoms with Gasteiger partial charge < -0.3 is 4.74 Å². The minimum Gasteiger partial charge on any atom is -0.419 e. The van der Waals surface area contributed by atoms with E-state index in [9.17, 15) is 36.3 Å². The standard InChI is InChI=1S/C12H4F5NO4/c13-7-8(14)10(16)12(11(17)9(7)15)22-6(21)3-18-4(19)1-2-5(18)20/h1-2H,3H2. The molecule has 0 aromatic heterocycles. The Kier molecular flexibility index (Phi) is 3.93. The van der Waals surface area contributed by atoms with Gasteiger partial charge in [-0.25, -0.2) is 18.0 Å². The summed E-state index contributed by atoms with van der Waals surface area (Å²) < 4.78 is 69.2. The van der Waals surface area contributed by atoms with Crippen LogP contribution in [0.15, 0.2) is 12.2 Å². The normalized spacial score (nSPS) is 14.0. The molecule has 10 heteroatoms. The van der Waals surface area contributed by atoms with Crippen LogP contribution in [0.1, 0.15) is 0 Å². The minimum atomic E-state index is -2.41. The van der Waals surface area contributed by atoms with Crippen molar-refractivity contribution in [1.82, 2.24) is 4.90 Å². The van der Waals surface area contributed by atoms with Crippen LogP contribution in [0.5, 0.6) is 5.75 Å². The highest BCUT2D eigenvalue weighted by Crippen LogP contribution is 2.29. The van der Waals surface area contributed by atoms with Crippen molar-refractivity contribution in [3.63, 3.8) is 0 Å². The molecule has 1 heterocycles. The summed E-state index contributed by atoms with van der Waals surface area (Å²) >= 11 is 0. The van der Waals surface area contributed by atoms with Crippen LogP contribution in [-0.4, -0.2) is 29.2 Å². The van der Waals surface area contributed by atoms with E-state index >= 15 is 0 Å². The number of esters is 1. The molecule has 0 aliphatic carbocycles. The van der Waals surface area contributed by atoms with E-state index in [0.29, 0.717) is 4.90 Å². The van der Waals surface area contributed by atoms with Crippen molar-refractivity contribution in [3.05, 3.63) is 41.2 Å². The number of hydrogen-bond acceptors (Lipinski definition) is 4. The van der Waals surface area contributed by atoms with Gasteiger partial charge in [0.15, 0.2) is 0 Å². The summed E-state index contributed by atoms with van der Waals surface area (Å²) in [7, 11) is 0. The van der Waals surface area contributed by atoms with Gasteiger partial charge in [-0.2, -0.15) is 8.78 Å². The van der Waals surface area contributed by atoms with E-state index in [1.54, 1.807) is 0 Å². The average Bonchev–Trinajstić information content (AvgIpc) is 2.79. The molecule has 1 aromatic rings. The smallest absolute Gasteiger partial charge is 0.331 e. The van der Waals surface area contributed by atoms with E-state index in [1.165, 1.54) is 0 Å². The van der Waals surface area contributed by atoms with Gasteiger partial charge in [0.25, 0.3) is 11.8 Å². The number of carbonyl (C=O) groups is 3. The summed E-state index contributed by atoms with van der Waals surface area (Å²) in [5.74, 6) is -16.8. The van der Waals surface area contributed by atoms with E-state index in [-0.39, 0.29) is 0 Å². The van der Waals surface area contributed by atoms with Crippen molar-refractivity contribution < 1.29 is 41.1 Å². The zero-order chi connectivity index (χ0) is 16.6. The first-order chi connectivity index (χ1) is 10.2. The van der Waals surface area contributed by atoms with Gasteiger partial charge in [0.05, 0.1) is 0 Å². The van der Waals surface area contributed by atoms with Crippen LogP contribution in [-0.2, 0) is 14.4 Å². The van der Waals surface area contributed by atoms with Gasteiger partial charge in [0.1, 0.15) is 6.54 Å². The number of benzene rings is 1. The van der Waals surface area contributed by atoms with Crippen molar-refractivity contribution in [2.75, 3.05) is 6.54 Å². The highest BCUT2D eigenvalue weighted by molar-refractivity contribution is 6.14. The van der Waals surface area contributed by atoms with Crippen molar-refractivity contribution in [1.29, 1.82) is 0 Å². The van der Waals surface area contributed by atoms with Gasteiger partial charge in [0, 0.05) is 12.2 Å². The van der Waals surface area contributed by atoms with Gasteiger partial charge in [-0.3, -0.25) is 14.5 Å². The van der Waals surface area contributed by atoms with E-state index in [2.05, 4.69) is 4.74 Å². The Balaban J connectivity index is 2.23. The molecule has 1 aliphatic rings. The minimum absolute atomic E-state index is 0.356. The maximum Gasteiger partial charge on any atom is 0.331 e. The average molecular weight is 321 g/mol. The molecule has 116 valence electrons. The third-order valence-electron chi connectivity index (χ3n) is 2.57. The molecule has 0 N–H and O–H groups in total. The third-order valence-corrected chi connectivity index (χ3v) is 2.57. The lowest BCUT2D eigenvalue weighted by Gasteiger charge is -2.13. The van der Waals surface area contributed by atoms with E-state index in [4.69, 9.17) is 0 Å². The summed E-state index contributed by atoms with van der Waals surface area (Å²) in [6.07, 6.45) is 1.65. The highest BCUT2D eigenvalue weighted by atomic mass is 19.2.